The van der Waals surface area contributed by atoms with Crippen LogP contribution in [-0.4, -0.2) is 36.6 Å². The Balaban J connectivity index is 2.05. The SMILES string of the molecule is CCCCNC(=O)Cc1c(C)n(C(=O)c2ccc(OC(F)F)cc2)c2cc(F)c(OC)cc12. The van der Waals surface area contributed by atoms with Crippen molar-refractivity contribution in [2.75, 3.05) is 13.7 Å². The Morgan fingerprint density at radius 3 is 2.45 bits per heavy atom. The highest BCUT2D eigenvalue weighted by molar-refractivity contribution is 6.05. The van der Waals surface area contributed by atoms with E-state index < -0.39 is 18.3 Å². The first kappa shape index (κ1) is 24.2. The van der Waals surface area contributed by atoms with E-state index in [9.17, 15) is 22.8 Å². The molecule has 0 bridgehead atoms. The first-order valence-electron chi connectivity index (χ1n) is 10.5. The van der Waals surface area contributed by atoms with Crippen molar-refractivity contribution in [3.63, 3.8) is 0 Å². The van der Waals surface area contributed by atoms with Gasteiger partial charge in [-0.2, -0.15) is 8.78 Å². The molecule has 3 aromatic rings. The number of methoxy groups -OCH3 is 1. The molecule has 33 heavy (non-hydrogen) atoms. The summed E-state index contributed by atoms with van der Waals surface area (Å²) in [5.41, 5.74) is 1.51. The van der Waals surface area contributed by atoms with Crippen molar-refractivity contribution in [1.82, 2.24) is 9.88 Å². The number of fused-ring (bicyclic) bond motifs is 1. The number of ether oxygens (including phenoxy) is 2. The Morgan fingerprint density at radius 1 is 1.15 bits per heavy atom. The van der Waals surface area contributed by atoms with Gasteiger partial charge in [0.1, 0.15) is 5.75 Å². The van der Waals surface area contributed by atoms with Crippen LogP contribution in [0.25, 0.3) is 10.9 Å². The second-order valence-corrected chi connectivity index (χ2v) is 7.49. The molecule has 3 rings (SSSR count). The van der Waals surface area contributed by atoms with Crippen LogP contribution >= 0.6 is 0 Å². The number of carbonyl (C=O) groups is 2. The number of amides is 1. The van der Waals surface area contributed by atoms with Crippen LogP contribution < -0.4 is 14.8 Å². The average Bonchev–Trinajstić information content (AvgIpc) is 3.03. The van der Waals surface area contributed by atoms with E-state index in [-0.39, 0.29) is 34.9 Å². The summed E-state index contributed by atoms with van der Waals surface area (Å²) in [6.07, 6.45) is 1.78. The van der Waals surface area contributed by atoms with Crippen molar-refractivity contribution in [2.45, 2.75) is 39.7 Å². The van der Waals surface area contributed by atoms with Gasteiger partial charge < -0.3 is 14.8 Å². The summed E-state index contributed by atoms with van der Waals surface area (Å²) in [6.45, 7) is 1.25. The van der Waals surface area contributed by atoms with E-state index in [1.54, 1.807) is 6.92 Å². The minimum atomic E-state index is -2.98. The van der Waals surface area contributed by atoms with E-state index >= 15 is 0 Å². The molecular weight excluding hydrogens is 437 g/mol. The molecule has 0 aliphatic heterocycles. The molecule has 9 heteroatoms. The number of alkyl halides is 2. The van der Waals surface area contributed by atoms with Crippen LogP contribution in [0.3, 0.4) is 0 Å². The molecular formula is C24H25F3N2O4. The van der Waals surface area contributed by atoms with Crippen LogP contribution in [0.2, 0.25) is 0 Å². The molecule has 1 amide bonds. The summed E-state index contributed by atoms with van der Waals surface area (Å²) in [5, 5.41) is 3.36. The largest absolute Gasteiger partial charge is 0.494 e. The van der Waals surface area contributed by atoms with Gasteiger partial charge in [0.25, 0.3) is 5.91 Å². The molecule has 0 unspecified atom stereocenters. The minimum absolute atomic E-state index is 0.00226. The number of aromatic nitrogens is 1. The van der Waals surface area contributed by atoms with Crippen molar-refractivity contribution in [3.8, 4) is 11.5 Å². The average molecular weight is 462 g/mol. The van der Waals surface area contributed by atoms with Crippen molar-refractivity contribution in [3.05, 3.63) is 59.0 Å². The number of benzene rings is 2. The standard InChI is InChI=1S/C24H25F3N2O4/c1-4-5-10-28-22(30)12-17-14(2)29(20-13-19(25)21(32-3)11-18(17)20)23(31)15-6-8-16(9-7-15)33-24(26)27/h6-9,11,13,24H,4-5,10,12H2,1-3H3,(H,28,30). The zero-order valence-corrected chi connectivity index (χ0v) is 18.6. The molecule has 176 valence electrons. The number of hydrogen-bond donors (Lipinski definition) is 1. The van der Waals surface area contributed by atoms with Crippen LogP contribution in [0.4, 0.5) is 13.2 Å². The van der Waals surface area contributed by atoms with Gasteiger partial charge in [-0.3, -0.25) is 14.2 Å². The molecule has 0 fully saturated rings. The summed E-state index contributed by atoms with van der Waals surface area (Å²) in [7, 11) is 1.33. The van der Waals surface area contributed by atoms with E-state index in [1.807, 2.05) is 6.92 Å². The van der Waals surface area contributed by atoms with Gasteiger partial charge in [0.05, 0.1) is 19.0 Å². The molecule has 0 aliphatic carbocycles. The van der Waals surface area contributed by atoms with Crippen molar-refractivity contribution in [1.29, 1.82) is 0 Å². The number of nitrogens with zero attached hydrogens (tertiary/aromatic N) is 1. The minimum Gasteiger partial charge on any atom is -0.494 e. The second-order valence-electron chi connectivity index (χ2n) is 7.49. The van der Waals surface area contributed by atoms with E-state index in [1.165, 1.54) is 48.1 Å². The molecule has 0 atom stereocenters. The van der Waals surface area contributed by atoms with Crippen LogP contribution in [0.1, 0.15) is 41.4 Å². The summed E-state index contributed by atoms with van der Waals surface area (Å²) in [4.78, 5) is 25.8. The van der Waals surface area contributed by atoms with Crippen LogP contribution in [-0.2, 0) is 11.2 Å². The molecule has 0 radical (unpaired) electrons. The third-order valence-corrected chi connectivity index (χ3v) is 5.33. The lowest BCUT2D eigenvalue weighted by Crippen LogP contribution is -2.26. The number of carbonyl (C=O) groups excluding carboxylic acids is 2. The predicted octanol–water partition coefficient (Wildman–Crippen LogP) is 4.85. The van der Waals surface area contributed by atoms with Crippen LogP contribution in [0, 0.1) is 12.7 Å². The van der Waals surface area contributed by atoms with Gasteiger partial charge in [-0.1, -0.05) is 13.3 Å². The summed E-state index contributed by atoms with van der Waals surface area (Å²) in [6, 6.07) is 7.87. The highest BCUT2D eigenvalue weighted by Crippen LogP contribution is 2.32. The number of nitrogens with one attached hydrogen (secondary N) is 1. The van der Waals surface area contributed by atoms with E-state index in [4.69, 9.17) is 4.74 Å². The molecule has 2 aromatic carbocycles. The highest BCUT2D eigenvalue weighted by atomic mass is 19.3. The second kappa shape index (κ2) is 10.4. The van der Waals surface area contributed by atoms with Crippen molar-refractivity contribution in [2.24, 2.45) is 0 Å². The quantitative estimate of drug-likeness (QED) is 0.462. The number of halogens is 3. The molecule has 1 heterocycles. The summed E-state index contributed by atoms with van der Waals surface area (Å²) >= 11 is 0. The topological polar surface area (TPSA) is 69.6 Å². The van der Waals surface area contributed by atoms with Crippen LogP contribution in [0.5, 0.6) is 11.5 Å². The fourth-order valence-corrected chi connectivity index (χ4v) is 3.66. The maximum Gasteiger partial charge on any atom is 0.387 e. The molecule has 0 spiro atoms. The zero-order chi connectivity index (χ0) is 24.1. The van der Waals surface area contributed by atoms with Gasteiger partial charge in [-0.25, -0.2) is 4.39 Å². The first-order chi connectivity index (χ1) is 15.8. The molecule has 6 nitrogen and oxygen atoms in total. The third kappa shape index (κ3) is 5.30. The molecule has 0 saturated heterocycles. The van der Waals surface area contributed by atoms with Gasteiger partial charge in [-0.15, -0.1) is 0 Å². The Kier molecular flexibility index (Phi) is 7.63. The van der Waals surface area contributed by atoms with Crippen LogP contribution in [0.15, 0.2) is 36.4 Å². The molecule has 1 N–H and O–H groups in total. The fourth-order valence-electron chi connectivity index (χ4n) is 3.66. The Morgan fingerprint density at radius 2 is 1.85 bits per heavy atom. The van der Waals surface area contributed by atoms with E-state index in [2.05, 4.69) is 10.1 Å². The van der Waals surface area contributed by atoms with Gasteiger partial charge >= 0.3 is 6.61 Å². The summed E-state index contributed by atoms with van der Waals surface area (Å²) < 4.78 is 50.1. The van der Waals surface area contributed by atoms with Gasteiger partial charge in [0.15, 0.2) is 11.6 Å². The van der Waals surface area contributed by atoms with Gasteiger partial charge in [0, 0.05) is 29.3 Å². The maximum atomic E-state index is 14.5. The molecule has 0 saturated carbocycles. The lowest BCUT2D eigenvalue weighted by atomic mass is 10.1. The summed E-state index contributed by atoms with van der Waals surface area (Å²) in [5.74, 6) is -1.46. The lowest BCUT2D eigenvalue weighted by Gasteiger charge is -2.10. The van der Waals surface area contributed by atoms with Gasteiger partial charge in [0.2, 0.25) is 5.91 Å². The van der Waals surface area contributed by atoms with Crippen molar-refractivity contribution < 1.29 is 32.2 Å². The predicted molar refractivity (Wildman–Crippen MR) is 118 cm³/mol. The molecule has 1 aromatic heterocycles. The monoisotopic (exact) mass is 462 g/mol. The zero-order valence-electron chi connectivity index (χ0n) is 18.6. The van der Waals surface area contributed by atoms with Gasteiger partial charge in [-0.05, 0) is 49.2 Å². The Hall–Kier alpha value is -3.49. The smallest absolute Gasteiger partial charge is 0.387 e. The normalized spacial score (nSPS) is 11.1. The van der Waals surface area contributed by atoms with E-state index in [0.29, 0.717) is 23.2 Å². The first-order valence-corrected chi connectivity index (χ1v) is 10.5. The van der Waals surface area contributed by atoms with Crippen molar-refractivity contribution >= 4 is 22.7 Å². The molecule has 0 aliphatic rings. The van der Waals surface area contributed by atoms with E-state index in [0.717, 1.165) is 12.8 Å². The lowest BCUT2D eigenvalue weighted by molar-refractivity contribution is -0.120. The third-order valence-electron chi connectivity index (χ3n) is 5.33. The Labute approximate surface area is 189 Å². The Bertz CT molecular complexity index is 1160. The maximum absolute atomic E-state index is 14.5. The number of hydrogen-bond acceptors (Lipinski definition) is 4. The number of rotatable bonds is 9. The fraction of sp³-hybridized carbons (Fsp3) is 0.333. The number of unbranched alkanes of at least 4 members (excludes halogenated alkanes) is 1. The highest BCUT2D eigenvalue weighted by Gasteiger charge is 2.23.